The number of nitrogens with one attached hydrogen (secondary N) is 1. The SMILES string of the molecule is CC.CC.CC.CC1(C)C/C(=N/Nc2ccccc2)c2cccc(C(=O)O)c21. The van der Waals surface area contributed by atoms with E-state index in [9.17, 15) is 9.90 Å². The van der Waals surface area contributed by atoms with E-state index in [0.29, 0.717) is 12.0 Å². The number of rotatable bonds is 3. The summed E-state index contributed by atoms with van der Waals surface area (Å²) >= 11 is 0. The summed E-state index contributed by atoms with van der Waals surface area (Å²) in [6.45, 7) is 16.1. The van der Waals surface area contributed by atoms with E-state index in [0.717, 1.165) is 22.5 Å². The van der Waals surface area contributed by atoms with E-state index in [1.807, 2.05) is 77.9 Å². The van der Waals surface area contributed by atoms with Crippen LogP contribution in [0.1, 0.15) is 83.3 Å². The Kier molecular flexibility index (Phi) is 11.5. The molecule has 4 nitrogen and oxygen atoms in total. The van der Waals surface area contributed by atoms with Crippen molar-refractivity contribution in [2.75, 3.05) is 5.43 Å². The van der Waals surface area contributed by atoms with Crippen molar-refractivity contribution < 1.29 is 9.90 Å². The summed E-state index contributed by atoms with van der Waals surface area (Å²) in [6.07, 6.45) is 0.715. The Labute approximate surface area is 170 Å². The lowest BCUT2D eigenvalue weighted by molar-refractivity contribution is 0.0694. The zero-order chi connectivity index (χ0) is 21.7. The summed E-state index contributed by atoms with van der Waals surface area (Å²) in [5.74, 6) is -0.887. The molecular weight excluding hydrogens is 348 g/mol. The van der Waals surface area contributed by atoms with Gasteiger partial charge in [0, 0.05) is 12.0 Å². The molecule has 0 saturated carbocycles. The van der Waals surface area contributed by atoms with Gasteiger partial charge in [-0.15, -0.1) is 0 Å². The number of hydrogen-bond donors (Lipinski definition) is 2. The number of fused-ring (bicyclic) bond motifs is 1. The summed E-state index contributed by atoms with van der Waals surface area (Å²) in [7, 11) is 0. The minimum atomic E-state index is -0.887. The highest BCUT2D eigenvalue weighted by molar-refractivity contribution is 6.09. The predicted molar refractivity (Wildman–Crippen MR) is 122 cm³/mol. The highest BCUT2D eigenvalue weighted by Gasteiger charge is 2.37. The number of carboxylic acids is 1. The van der Waals surface area contributed by atoms with Gasteiger partial charge in [0.1, 0.15) is 0 Å². The normalized spacial score (nSPS) is 14.2. The summed E-state index contributed by atoms with van der Waals surface area (Å²) in [6, 6.07) is 15.1. The van der Waals surface area contributed by atoms with E-state index in [4.69, 9.17) is 0 Å². The van der Waals surface area contributed by atoms with Gasteiger partial charge in [-0.1, -0.05) is 85.7 Å². The van der Waals surface area contributed by atoms with Gasteiger partial charge in [0.2, 0.25) is 0 Å². The van der Waals surface area contributed by atoms with Crippen molar-refractivity contribution in [1.29, 1.82) is 0 Å². The first-order valence-electron chi connectivity index (χ1n) is 10.2. The minimum Gasteiger partial charge on any atom is -0.478 e. The summed E-state index contributed by atoms with van der Waals surface area (Å²) in [5.41, 5.74) is 6.79. The summed E-state index contributed by atoms with van der Waals surface area (Å²) in [5, 5.41) is 13.9. The van der Waals surface area contributed by atoms with Gasteiger partial charge in [0.25, 0.3) is 0 Å². The number of para-hydroxylation sites is 1. The number of nitrogens with zero attached hydrogens (tertiary/aromatic N) is 1. The Hall–Kier alpha value is -2.62. The van der Waals surface area contributed by atoms with Crippen molar-refractivity contribution in [2.24, 2.45) is 5.10 Å². The maximum absolute atomic E-state index is 11.5. The van der Waals surface area contributed by atoms with Crippen molar-refractivity contribution >= 4 is 17.4 Å². The second kappa shape index (κ2) is 12.7. The molecule has 0 bridgehead atoms. The van der Waals surface area contributed by atoms with Crippen LogP contribution in [0.25, 0.3) is 0 Å². The molecule has 3 rings (SSSR count). The Bertz CT molecular complexity index is 750. The van der Waals surface area contributed by atoms with Crippen LogP contribution in [-0.2, 0) is 5.41 Å². The largest absolute Gasteiger partial charge is 0.478 e. The maximum atomic E-state index is 11.5. The van der Waals surface area contributed by atoms with Crippen molar-refractivity contribution in [3.05, 3.63) is 65.2 Å². The fourth-order valence-corrected chi connectivity index (χ4v) is 3.05. The lowest BCUT2D eigenvalue weighted by Crippen LogP contribution is -2.17. The molecule has 2 N–H and O–H groups in total. The molecule has 2 aromatic carbocycles. The molecule has 28 heavy (non-hydrogen) atoms. The van der Waals surface area contributed by atoms with Crippen LogP contribution in [0.2, 0.25) is 0 Å². The van der Waals surface area contributed by atoms with Gasteiger partial charge in [0.05, 0.1) is 17.0 Å². The molecule has 1 aliphatic carbocycles. The van der Waals surface area contributed by atoms with Crippen LogP contribution in [-0.4, -0.2) is 16.8 Å². The Morgan fingerprint density at radius 3 is 2.04 bits per heavy atom. The van der Waals surface area contributed by atoms with Gasteiger partial charge >= 0.3 is 5.97 Å². The van der Waals surface area contributed by atoms with Crippen LogP contribution in [0.3, 0.4) is 0 Å². The molecule has 0 unspecified atom stereocenters. The molecule has 1 aliphatic rings. The highest BCUT2D eigenvalue weighted by Crippen LogP contribution is 2.40. The predicted octanol–water partition coefficient (Wildman–Crippen LogP) is 6.96. The Morgan fingerprint density at radius 1 is 0.929 bits per heavy atom. The number of carboxylic acid groups (broad SMARTS) is 1. The summed E-state index contributed by atoms with van der Waals surface area (Å²) in [4.78, 5) is 11.5. The molecule has 0 amide bonds. The van der Waals surface area contributed by atoms with Crippen LogP contribution in [0, 0.1) is 0 Å². The lowest BCUT2D eigenvalue weighted by atomic mass is 9.83. The first-order valence-corrected chi connectivity index (χ1v) is 10.2. The van der Waals surface area contributed by atoms with Crippen LogP contribution >= 0.6 is 0 Å². The van der Waals surface area contributed by atoms with Gasteiger partial charge in [0.15, 0.2) is 0 Å². The van der Waals surface area contributed by atoms with Gasteiger partial charge in [-0.05, 0) is 29.2 Å². The summed E-state index contributed by atoms with van der Waals surface area (Å²) < 4.78 is 0. The zero-order valence-corrected chi connectivity index (χ0v) is 18.6. The fourth-order valence-electron chi connectivity index (χ4n) is 3.05. The van der Waals surface area contributed by atoms with Gasteiger partial charge in [-0.25, -0.2) is 4.79 Å². The van der Waals surface area contributed by atoms with Crippen LogP contribution in [0.15, 0.2) is 53.6 Å². The van der Waals surface area contributed by atoms with Crippen LogP contribution < -0.4 is 5.43 Å². The van der Waals surface area contributed by atoms with E-state index >= 15 is 0 Å². The molecule has 0 saturated heterocycles. The topological polar surface area (TPSA) is 61.7 Å². The maximum Gasteiger partial charge on any atom is 0.336 e. The molecule has 2 aromatic rings. The number of hydrogen-bond acceptors (Lipinski definition) is 3. The first kappa shape index (κ1) is 25.4. The van der Waals surface area contributed by atoms with Crippen molar-refractivity contribution in [1.82, 2.24) is 0 Å². The van der Waals surface area contributed by atoms with Gasteiger partial charge in [-0.3, -0.25) is 5.43 Å². The van der Waals surface area contributed by atoms with Crippen LogP contribution in [0.5, 0.6) is 0 Å². The minimum absolute atomic E-state index is 0.235. The van der Waals surface area contributed by atoms with E-state index < -0.39 is 5.97 Å². The van der Waals surface area contributed by atoms with Crippen molar-refractivity contribution in [2.45, 2.75) is 67.2 Å². The molecule has 0 heterocycles. The molecule has 0 aromatic heterocycles. The second-order valence-corrected chi connectivity index (χ2v) is 6.13. The number of benzene rings is 2. The average molecular weight is 385 g/mol. The van der Waals surface area contributed by atoms with Gasteiger partial charge < -0.3 is 5.11 Å². The van der Waals surface area contributed by atoms with Crippen LogP contribution in [0.4, 0.5) is 5.69 Å². The molecule has 0 aliphatic heterocycles. The first-order chi connectivity index (χ1) is 13.5. The highest BCUT2D eigenvalue weighted by atomic mass is 16.4. The number of hydrazone groups is 1. The van der Waals surface area contributed by atoms with E-state index in [-0.39, 0.29) is 5.41 Å². The Balaban J connectivity index is 0.00000111. The average Bonchev–Trinajstić information content (AvgIpc) is 3.02. The van der Waals surface area contributed by atoms with E-state index in [1.54, 1.807) is 12.1 Å². The van der Waals surface area contributed by atoms with Crippen molar-refractivity contribution in [3.63, 3.8) is 0 Å². The third kappa shape index (κ3) is 6.22. The molecule has 154 valence electrons. The monoisotopic (exact) mass is 384 g/mol. The third-order valence-electron chi connectivity index (χ3n) is 3.99. The number of carbonyl (C=O) groups is 1. The molecule has 0 atom stereocenters. The quantitative estimate of drug-likeness (QED) is 0.562. The smallest absolute Gasteiger partial charge is 0.336 e. The molecule has 4 heteroatoms. The molecule has 0 spiro atoms. The molecular formula is C24H36N2O2. The molecule has 0 radical (unpaired) electrons. The van der Waals surface area contributed by atoms with Gasteiger partial charge in [-0.2, -0.15) is 5.10 Å². The zero-order valence-electron chi connectivity index (χ0n) is 18.6. The third-order valence-corrected chi connectivity index (χ3v) is 3.99. The van der Waals surface area contributed by atoms with Crippen molar-refractivity contribution in [3.8, 4) is 0 Å². The Morgan fingerprint density at radius 2 is 1.50 bits per heavy atom. The van der Waals surface area contributed by atoms with E-state index in [1.165, 1.54) is 0 Å². The lowest BCUT2D eigenvalue weighted by Gasteiger charge is -2.19. The second-order valence-electron chi connectivity index (χ2n) is 6.13. The fraction of sp³-hybridized carbons (Fsp3) is 0.417. The standard InChI is InChI=1S/C18H18N2O2.3C2H6/c1-18(2)11-15(20-19-12-7-4-3-5-8-12)13-9-6-10-14(16(13)18)17(21)22;3*1-2/h3-10,19H,11H2,1-2H3,(H,21,22);3*1-2H3/b20-15-;;;. The number of anilines is 1. The number of aromatic carboxylic acids is 1. The van der Waals surface area contributed by atoms with E-state index in [2.05, 4.69) is 24.4 Å². The molecule has 0 fully saturated rings.